The number of hydrogen-bond acceptors (Lipinski definition) is 5. The van der Waals surface area contributed by atoms with Gasteiger partial charge in [0, 0.05) is 17.3 Å². The molecule has 33 heavy (non-hydrogen) atoms. The van der Waals surface area contributed by atoms with Gasteiger partial charge in [-0.3, -0.25) is 4.79 Å². The van der Waals surface area contributed by atoms with Gasteiger partial charge in [-0.15, -0.1) is 11.3 Å². The van der Waals surface area contributed by atoms with E-state index in [4.69, 9.17) is 10.7 Å². The van der Waals surface area contributed by atoms with Gasteiger partial charge in [0.2, 0.25) is 0 Å². The number of aryl methyl sites for hydroxylation is 1. The molecule has 0 radical (unpaired) electrons. The van der Waals surface area contributed by atoms with Gasteiger partial charge in [-0.05, 0) is 54.5 Å². The second-order valence-electron chi connectivity index (χ2n) is 8.03. The molecule has 0 spiro atoms. The number of fused-ring (bicyclic) bond motifs is 2. The van der Waals surface area contributed by atoms with Gasteiger partial charge in [0.1, 0.15) is 15.5 Å². The molecule has 0 unspecified atom stereocenters. The molecule has 3 heterocycles. The molecule has 0 aliphatic heterocycles. The summed E-state index contributed by atoms with van der Waals surface area (Å²) in [5.41, 5.74) is 9.17. The number of nitrogen functional groups attached to an aromatic ring is 1. The number of carbonyl (C=O) groups is 1. The molecule has 0 saturated heterocycles. The lowest BCUT2D eigenvalue weighted by Crippen LogP contribution is -2.14. The zero-order valence-corrected chi connectivity index (χ0v) is 18.1. The van der Waals surface area contributed by atoms with E-state index >= 15 is 0 Å². The number of nitrogens with two attached hydrogens (primary N) is 1. The number of pyridine rings is 2. The Bertz CT molecular complexity index is 1330. The minimum atomic E-state index is -4.49. The fraction of sp³-hybridized carbons (Fsp3) is 0.208. The minimum absolute atomic E-state index is 0.0165. The second-order valence-corrected chi connectivity index (χ2v) is 9.03. The van der Waals surface area contributed by atoms with Crippen LogP contribution in [0.15, 0.2) is 54.7 Å². The van der Waals surface area contributed by atoms with Crippen molar-refractivity contribution in [1.82, 2.24) is 9.97 Å². The van der Waals surface area contributed by atoms with Crippen LogP contribution in [-0.4, -0.2) is 15.9 Å². The molecule has 0 bridgehead atoms. The minimum Gasteiger partial charge on any atom is -0.397 e. The van der Waals surface area contributed by atoms with Crippen LogP contribution in [0.1, 0.15) is 44.4 Å². The third kappa shape index (κ3) is 4.16. The van der Waals surface area contributed by atoms with E-state index in [1.165, 1.54) is 16.9 Å². The Balaban J connectivity index is 1.40. The molecule has 0 saturated carbocycles. The van der Waals surface area contributed by atoms with Crippen LogP contribution in [0.4, 0.5) is 24.7 Å². The zero-order chi connectivity index (χ0) is 23.2. The fourth-order valence-corrected chi connectivity index (χ4v) is 5.17. The molecule has 168 valence electrons. The van der Waals surface area contributed by atoms with Crippen molar-refractivity contribution in [2.75, 3.05) is 11.1 Å². The van der Waals surface area contributed by atoms with Gasteiger partial charge in [0.15, 0.2) is 0 Å². The molecule has 4 aromatic rings. The number of nitrogens with one attached hydrogen (secondary N) is 1. The van der Waals surface area contributed by atoms with Crippen LogP contribution in [0, 0.1) is 0 Å². The molecule has 1 aromatic carbocycles. The molecule has 0 fully saturated rings. The molecule has 1 amide bonds. The number of aromatic nitrogens is 2. The first-order valence-corrected chi connectivity index (χ1v) is 11.2. The highest BCUT2D eigenvalue weighted by Gasteiger charge is 2.31. The lowest BCUT2D eigenvalue weighted by atomic mass is 9.82. The Labute approximate surface area is 191 Å². The predicted molar refractivity (Wildman–Crippen MR) is 122 cm³/mol. The van der Waals surface area contributed by atoms with Crippen LogP contribution < -0.4 is 11.1 Å². The highest BCUT2D eigenvalue weighted by Crippen LogP contribution is 2.38. The average molecular weight is 469 g/mol. The number of alkyl halides is 3. The first-order chi connectivity index (χ1) is 15.8. The summed E-state index contributed by atoms with van der Waals surface area (Å²) in [6.45, 7) is 0. The molecule has 1 aliphatic rings. The van der Waals surface area contributed by atoms with E-state index in [9.17, 15) is 18.0 Å². The summed E-state index contributed by atoms with van der Waals surface area (Å²) in [7, 11) is 0. The van der Waals surface area contributed by atoms with Crippen LogP contribution in [0.2, 0.25) is 0 Å². The number of benzene rings is 1. The molecule has 5 nitrogen and oxygen atoms in total. The molecule has 9 heteroatoms. The summed E-state index contributed by atoms with van der Waals surface area (Å²) >= 11 is 1.17. The van der Waals surface area contributed by atoms with Gasteiger partial charge in [-0.25, -0.2) is 9.97 Å². The van der Waals surface area contributed by atoms with Gasteiger partial charge in [0.25, 0.3) is 5.91 Å². The average Bonchev–Trinajstić information content (AvgIpc) is 3.13. The molecule has 5 rings (SSSR count). The third-order valence-electron chi connectivity index (χ3n) is 5.90. The van der Waals surface area contributed by atoms with Crippen molar-refractivity contribution in [3.8, 4) is 0 Å². The highest BCUT2D eigenvalue weighted by atomic mass is 32.1. The van der Waals surface area contributed by atoms with Crippen LogP contribution in [0.25, 0.3) is 10.2 Å². The third-order valence-corrected chi connectivity index (χ3v) is 7.01. The number of carbonyl (C=O) groups excluding carboxylic acids is 1. The van der Waals surface area contributed by atoms with E-state index in [2.05, 4.69) is 22.4 Å². The Hall–Kier alpha value is -3.46. The van der Waals surface area contributed by atoms with Crippen LogP contribution in [-0.2, 0) is 19.0 Å². The number of anilines is 2. The lowest BCUT2D eigenvalue weighted by molar-refractivity contribution is -0.137. The van der Waals surface area contributed by atoms with Crippen molar-refractivity contribution in [3.63, 3.8) is 0 Å². The normalized spacial score (nSPS) is 15.9. The smallest absolute Gasteiger partial charge is 0.397 e. The first kappa shape index (κ1) is 21.4. The summed E-state index contributed by atoms with van der Waals surface area (Å²) in [5, 5.41) is 3.24. The Morgan fingerprint density at radius 1 is 1.15 bits per heavy atom. The summed E-state index contributed by atoms with van der Waals surface area (Å²) < 4.78 is 38.2. The number of amides is 1. The summed E-state index contributed by atoms with van der Waals surface area (Å²) in [6, 6.07) is 14.4. The zero-order valence-electron chi connectivity index (χ0n) is 17.3. The van der Waals surface area contributed by atoms with Crippen molar-refractivity contribution >= 4 is 39.0 Å². The van der Waals surface area contributed by atoms with Crippen molar-refractivity contribution in [1.29, 1.82) is 0 Å². The van der Waals surface area contributed by atoms with E-state index in [0.29, 0.717) is 22.6 Å². The van der Waals surface area contributed by atoms with Crippen LogP contribution in [0.3, 0.4) is 0 Å². The maximum atomic E-state index is 12.8. The van der Waals surface area contributed by atoms with Crippen molar-refractivity contribution < 1.29 is 18.0 Å². The first-order valence-electron chi connectivity index (χ1n) is 10.4. The van der Waals surface area contributed by atoms with E-state index in [-0.39, 0.29) is 10.7 Å². The Morgan fingerprint density at radius 3 is 2.64 bits per heavy atom. The molecule has 1 aliphatic carbocycles. The number of rotatable bonds is 3. The van der Waals surface area contributed by atoms with Crippen molar-refractivity contribution in [3.05, 3.63) is 82.0 Å². The standard InChI is InChI=1S/C24H19F3N4OS/c25-24(26,27)16-7-9-19(29-12-16)31-22(32)21-20(28)17-11-15-10-14(13-4-2-1-3-5-13)6-8-18(15)30-23(17)33-21/h1-5,7,9,11-12,14H,6,8,10,28H2,(H,29,31,32)/t14-/m1/s1. The van der Waals surface area contributed by atoms with Crippen molar-refractivity contribution in [2.45, 2.75) is 31.4 Å². The highest BCUT2D eigenvalue weighted by molar-refractivity contribution is 7.21. The number of nitrogens with zero attached hydrogens (tertiary/aromatic N) is 2. The van der Waals surface area contributed by atoms with Gasteiger partial charge in [-0.1, -0.05) is 30.3 Å². The van der Waals surface area contributed by atoms with Crippen LogP contribution >= 0.6 is 11.3 Å². The second kappa shape index (κ2) is 8.15. The molecule has 1 atom stereocenters. The van der Waals surface area contributed by atoms with Gasteiger partial charge in [-0.2, -0.15) is 13.2 Å². The van der Waals surface area contributed by atoms with Gasteiger partial charge in [0.05, 0.1) is 11.3 Å². The van der Waals surface area contributed by atoms with Crippen LogP contribution in [0.5, 0.6) is 0 Å². The monoisotopic (exact) mass is 468 g/mol. The summed E-state index contributed by atoms with van der Waals surface area (Å²) in [5.74, 6) is -0.1000. The summed E-state index contributed by atoms with van der Waals surface area (Å²) in [6.07, 6.45) is -1.10. The lowest BCUT2D eigenvalue weighted by Gasteiger charge is -2.24. The van der Waals surface area contributed by atoms with Gasteiger partial charge >= 0.3 is 6.18 Å². The predicted octanol–water partition coefficient (Wildman–Crippen LogP) is 5.82. The van der Waals surface area contributed by atoms with E-state index in [0.717, 1.165) is 48.0 Å². The van der Waals surface area contributed by atoms with Crippen molar-refractivity contribution in [2.24, 2.45) is 0 Å². The topological polar surface area (TPSA) is 80.9 Å². The SMILES string of the molecule is Nc1c(C(=O)Nc2ccc(C(F)(F)F)cn2)sc2nc3c(cc12)C[C@H](c1ccccc1)CC3. The Kier molecular flexibility index (Phi) is 5.28. The maximum absolute atomic E-state index is 12.8. The molecule has 3 N–H and O–H groups in total. The van der Waals surface area contributed by atoms with E-state index in [1.807, 2.05) is 24.3 Å². The maximum Gasteiger partial charge on any atom is 0.417 e. The molecular weight excluding hydrogens is 449 g/mol. The molecule has 3 aromatic heterocycles. The largest absolute Gasteiger partial charge is 0.417 e. The molecular formula is C24H19F3N4OS. The number of hydrogen-bond donors (Lipinski definition) is 2. The van der Waals surface area contributed by atoms with E-state index in [1.54, 1.807) is 0 Å². The summed E-state index contributed by atoms with van der Waals surface area (Å²) in [4.78, 5) is 22.2. The number of halogens is 3. The van der Waals surface area contributed by atoms with Gasteiger partial charge < -0.3 is 11.1 Å². The number of thiophene rings is 1. The van der Waals surface area contributed by atoms with E-state index < -0.39 is 17.6 Å². The fourth-order valence-electron chi connectivity index (χ4n) is 4.18. The Morgan fingerprint density at radius 2 is 1.94 bits per heavy atom. The quantitative estimate of drug-likeness (QED) is 0.397.